The molecule has 0 bridgehead atoms. The summed E-state index contributed by atoms with van der Waals surface area (Å²) in [5.74, 6) is 0.107. The number of methoxy groups -OCH3 is 1. The van der Waals surface area contributed by atoms with Gasteiger partial charge in [0.15, 0.2) is 0 Å². The van der Waals surface area contributed by atoms with Gasteiger partial charge in [-0.3, -0.25) is 14.6 Å². The number of rotatable bonds is 6. The molecule has 1 atom stereocenters. The standard InChI is InChI=1S/C13H26N4O2/c1-11(13(18)15-5-8-19-2)17-9-12(10-17)16-6-3-14-4-7-16/h11-12,14H,3-10H2,1-2H3,(H,15,18). The fourth-order valence-corrected chi connectivity index (χ4v) is 2.67. The molecule has 0 aromatic rings. The summed E-state index contributed by atoms with van der Waals surface area (Å²) < 4.78 is 4.93. The minimum Gasteiger partial charge on any atom is -0.383 e. The topological polar surface area (TPSA) is 56.8 Å². The molecular formula is C13H26N4O2. The maximum atomic E-state index is 11.9. The Kier molecular flexibility index (Phi) is 5.57. The second-order valence-electron chi connectivity index (χ2n) is 5.35. The number of hydrogen-bond donors (Lipinski definition) is 2. The maximum Gasteiger partial charge on any atom is 0.237 e. The molecule has 1 unspecified atom stereocenters. The average Bonchev–Trinajstić information content (AvgIpc) is 2.38. The van der Waals surface area contributed by atoms with E-state index in [0.717, 1.165) is 39.3 Å². The largest absolute Gasteiger partial charge is 0.383 e. The van der Waals surface area contributed by atoms with Crippen molar-refractivity contribution in [3.8, 4) is 0 Å². The lowest BCUT2D eigenvalue weighted by molar-refractivity contribution is -0.129. The third-order valence-corrected chi connectivity index (χ3v) is 4.09. The van der Waals surface area contributed by atoms with Gasteiger partial charge >= 0.3 is 0 Å². The van der Waals surface area contributed by atoms with E-state index in [1.54, 1.807) is 7.11 Å². The highest BCUT2D eigenvalue weighted by Crippen LogP contribution is 2.18. The fourth-order valence-electron chi connectivity index (χ4n) is 2.67. The first-order valence-corrected chi connectivity index (χ1v) is 7.18. The van der Waals surface area contributed by atoms with Crippen LogP contribution in [0.2, 0.25) is 0 Å². The number of nitrogens with one attached hydrogen (secondary N) is 2. The van der Waals surface area contributed by atoms with E-state index in [9.17, 15) is 4.79 Å². The molecule has 0 radical (unpaired) electrons. The Morgan fingerprint density at radius 2 is 2.11 bits per heavy atom. The lowest BCUT2D eigenvalue weighted by atomic mass is 10.0. The van der Waals surface area contributed by atoms with E-state index < -0.39 is 0 Å². The quantitative estimate of drug-likeness (QED) is 0.589. The highest BCUT2D eigenvalue weighted by atomic mass is 16.5. The SMILES string of the molecule is COCCNC(=O)C(C)N1CC(N2CCNCC2)C1. The van der Waals surface area contributed by atoms with E-state index in [1.807, 2.05) is 6.92 Å². The normalized spacial score (nSPS) is 23.9. The smallest absolute Gasteiger partial charge is 0.237 e. The van der Waals surface area contributed by atoms with Crippen LogP contribution < -0.4 is 10.6 Å². The second-order valence-corrected chi connectivity index (χ2v) is 5.35. The molecule has 19 heavy (non-hydrogen) atoms. The first kappa shape index (κ1) is 14.7. The monoisotopic (exact) mass is 270 g/mol. The van der Waals surface area contributed by atoms with Gasteiger partial charge in [0.1, 0.15) is 0 Å². The summed E-state index contributed by atoms with van der Waals surface area (Å²) in [6.07, 6.45) is 0. The molecule has 6 heteroatoms. The van der Waals surface area contributed by atoms with Crippen molar-refractivity contribution in [2.24, 2.45) is 0 Å². The maximum absolute atomic E-state index is 11.9. The number of hydrogen-bond acceptors (Lipinski definition) is 5. The molecule has 2 aliphatic rings. The molecule has 2 saturated heterocycles. The van der Waals surface area contributed by atoms with Gasteiger partial charge in [-0.2, -0.15) is 0 Å². The third kappa shape index (κ3) is 3.89. The van der Waals surface area contributed by atoms with Gasteiger partial charge in [-0.1, -0.05) is 0 Å². The molecule has 2 rings (SSSR count). The van der Waals surface area contributed by atoms with Crippen LogP contribution >= 0.6 is 0 Å². The summed E-state index contributed by atoms with van der Waals surface area (Å²) in [4.78, 5) is 16.7. The molecular weight excluding hydrogens is 244 g/mol. The van der Waals surface area contributed by atoms with Crippen LogP contribution in [0.25, 0.3) is 0 Å². The number of carbonyl (C=O) groups excluding carboxylic acids is 1. The number of nitrogens with zero attached hydrogens (tertiary/aromatic N) is 2. The molecule has 6 nitrogen and oxygen atoms in total. The van der Waals surface area contributed by atoms with Gasteiger partial charge in [-0.15, -0.1) is 0 Å². The van der Waals surface area contributed by atoms with Gasteiger partial charge < -0.3 is 15.4 Å². The molecule has 1 amide bonds. The van der Waals surface area contributed by atoms with Crippen LogP contribution in [-0.2, 0) is 9.53 Å². The molecule has 0 aliphatic carbocycles. The van der Waals surface area contributed by atoms with Crippen LogP contribution in [0.5, 0.6) is 0 Å². The molecule has 2 N–H and O–H groups in total. The summed E-state index contributed by atoms with van der Waals surface area (Å²) in [6, 6.07) is 0.604. The zero-order valence-corrected chi connectivity index (χ0v) is 12.0. The van der Waals surface area contributed by atoms with E-state index in [-0.39, 0.29) is 11.9 Å². The van der Waals surface area contributed by atoms with Crippen LogP contribution in [0, 0.1) is 0 Å². The first-order chi connectivity index (χ1) is 9.22. The summed E-state index contributed by atoms with van der Waals surface area (Å²) in [7, 11) is 1.64. The molecule has 2 heterocycles. The molecule has 0 spiro atoms. The highest BCUT2D eigenvalue weighted by Gasteiger charge is 2.36. The Balaban J connectivity index is 1.66. The Labute approximate surface area is 115 Å². The molecule has 0 saturated carbocycles. The van der Waals surface area contributed by atoms with Crippen molar-refractivity contribution in [1.82, 2.24) is 20.4 Å². The molecule has 110 valence electrons. The van der Waals surface area contributed by atoms with Crippen molar-refractivity contribution < 1.29 is 9.53 Å². The van der Waals surface area contributed by atoms with Crippen LogP contribution in [0.4, 0.5) is 0 Å². The van der Waals surface area contributed by atoms with Crippen LogP contribution in [0.3, 0.4) is 0 Å². The van der Waals surface area contributed by atoms with Crippen LogP contribution in [0.15, 0.2) is 0 Å². The fraction of sp³-hybridized carbons (Fsp3) is 0.923. The van der Waals surface area contributed by atoms with E-state index in [4.69, 9.17) is 4.74 Å². The predicted octanol–water partition coefficient (Wildman–Crippen LogP) is -1.27. The lowest BCUT2D eigenvalue weighted by Gasteiger charge is -2.48. The van der Waals surface area contributed by atoms with Crippen molar-refractivity contribution in [3.05, 3.63) is 0 Å². The van der Waals surface area contributed by atoms with Crippen molar-refractivity contribution >= 4 is 5.91 Å². The van der Waals surface area contributed by atoms with Gasteiger partial charge in [0.25, 0.3) is 0 Å². The molecule has 0 aromatic carbocycles. The summed E-state index contributed by atoms with van der Waals surface area (Å²) >= 11 is 0. The number of ether oxygens (including phenoxy) is 1. The second kappa shape index (κ2) is 7.19. The lowest BCUT2D eigenvalue weighted by Crippen LogP contribution is -2.66. The van der Waals surface area contributed by atoms with Gasteiger partial charge in [0, 0.05) is 59.0 Å². The van der Waals surface area contributed by atoms with Crippen molar-refractivity contribution in [2.45, 2.75) is 19.0 Å². The van der Waals surface area contributed by atoms with Gasteiger partial charge in [-0.25, -0.2) is 0 Å². The number of likely N-dealkylation sites (tertiary alicyclic amines) is 1. The van der Waals surface area contributed by atoms with Gasteiger partial charge in [0.05, 0.1) is 12.6 Å². The van der Waals surface area contributed by atoms with Crippen molar-refractivity contribution in [3.63, 3.8) is 0 Å². The Bertz CT molecular complexity index is 288. The Morgan fingerprint density at radius 1 is 1.42 bits per heavy atom. The van der Waals surface area contributed by atoms with Crippen molar-refractivity contribution in [2.75, 3.05) is 59.5 Å². The first-order valence-electron chi connectivity index (χ1n) is 7.18. The van der Waals surface area contributed by atoms with Crippen molar-refractivity contribution in [1.29, 1.82) is 0 Å². The van der Waals surface area contributed by atoms with E-state index in [2.05, 4.69) is 20.4 Å². The van der Waals surface area contributed by atoms with E-state index in [1.165, 1.54) is 0 Å². The average molecular weight is 270 g/mol. The number of amides is 1. The third-order valence-electron chi connectivity index (χ3n) is 4.09. The molecule has 2 aliphatic heterocycles. The molecule has 2 fully saturated rings. The zero-order chi connectivity index (χ0) is 13.7. The minimum atomic E-state index is -0.0315. The van der Waals surface area contributed by atoms with Crippen LogP contribution in [0.1, 0.15) is 6.92 Å². The van der Waals surface area contributed by atoms with E-state index in [0.29, 0.717) is 19.2 Å². The zero-order valence-electron chi connectivity index (χ0n) is 12.0. The summed E-state index contributed by atoms with van der Waals surface area (Å²) in [6.45, 7) is 9.61. The Hall–Kier alpha value is -0.690. The number of carbonyl (C=O) groups is 1. The minimum absolute atomic E-state index is 0.0315. The van der Waals surface area contributed by atoms with Gasteiger partial charge in [0.2, 0.25) is 5.91 Å². The number of piperazine rings is 1. The summed E-state index contributed by atoms with van der Waals surface area (Å²) in [5.41, 5.74) is 0. The Morgan fingerprint density at radius 3 is 2.74 bits per heavy atom. The molecule has 0 aromatic heterocycles. The predicted molar refractivity (Wildman–Crippen MR) is 74.2 cm³/mol. The highest BCUT2D eigenvalue weighted by molar-refractivity contribution is 5.81. The summed E-state index contributed by atoms with van der Waals surface area (Å²) in [5, 5.41) is 6.27. The van der Waals surface area contributed by atoms with Crippen LogP contribution in [-0.4, -0.2) is 87.3 Å². The van der Waals surface area contributed by atoms with Gasteiger partial charge in [-0.05, 0) is 6.92 Å². The van der Waals surface area contributed by atoms with E-state index >= 15 is 0 Å².